The summed E-state index contributed by atoms with van der Waals surface area (Å²) in [6.07, 6.45) is 6.13. The lowest BCUT2D eigenvalue weighted by Crippen LogP contribution is -2.30. The number of hydrogen-bond acceptors (Lipinski definition) is 3. The van der Waals surface area contributed by atoms with Crippen LogP contribution in [0.5, 0.6) is 5.75 Å². The van der Waals surface area contributed by atoms with Gasteiger partial charge in [0.25, 0.3) is 0 Å². The maximum Gasteiger partial charge on any atom is 0.157 e. The lowest BCUT2D eigenvalue weighted by molar-refractivity contribution is 0.215. The van der Waals surface area contributed by atoms with Crippen LogP contribution >= 0.6 is 0 Å². The molecule has 1 aromatic carbocycles. The van der Waals surface area contributed by atoms with Crippen molar-refractivity contribution in [3.8, 4) is 11.4 Å². The van der Waals surface area contributed by atoms with Crippen LogP contribution in [0.25, 0.3) is 5.69 Å². The highest BCUT2D eigenvalue weighted by Gasteiger charge is 2.13. The fraction of sp³-hybridized carbons (Fsp3) is 0.400. The number of hydrogen-bond donors (Lipinski definition) is 1. The molecule has 2 heterocycles. The molecule has 0 spiro atoms. The molecule has 1 aliphatic rings. The molecule has 1 aliphatic heterocycles. The molecule has 19 heavy (non-hydrogen) atoms. The van der Waals surface area contributed by atoms with Crippen molar-refractivity contribution < 1.29 is 4.74 Å². The molecule has 3 rings (SSSR count). The Labute approximate surface area is 113 Å². The third kappa shape index (κ3) is 3.15. The van der Waals surface area contributed by atoms with Crippen molar-refractivity contribution in [3.63, 3.8) is 0 Å². The number of nitrogens with zero attached hydrogens (tertiary/aromatic N) is 2. The Morgan fingerprint density at radius 3 is 2.79 bits per heavy atom. The zero-order valence-corrected chi connectivity index (χ0v) is 11.0. The van der Waals surface area contributed by atoms with Crippen LogP contribution < -0.4 is 10.1 Å². The summed E-state index contributed by atoms with van der Waals surface area (Å²) in [5.74, 6) is 1.52. The van der Waals surface area contributed by atoms with E-state index < -0.39 is 0 Å². The maximum atomic E-state index is 5.84. The first-order chi connectivity index (χ1) is 9.42. The molecule has 0 saturated carbocycles. The Hall–Kier alpha value is -1.81. The van der Waals surface area contributed by atoms with Crippen LogP contribution in [0, 0.1) is 5.92 Å². The predicted molar refractivity (Wildman–Crippen MR) is 74.7 cm³/mol. The van der Waals surface area contributed by atoms with E-state index in [9.17, 15) is 0 Å². The molecule has 0 radical (unpaired) electrons. The van der Waals surface area contributed by atoms with Gasteiger partial charge in [-0.3, -0.25) is 0 Å². The first kappa shape index (κ1) is 12.2. The topological polar surface area (TPSA) is 39.1 Å². The van der Waals surface area contributed by atoms with Crippen molar-refractivity contribution in [1.82, 2.24) is 15.1 Å². The van der Waals surface area contributed by atoms with E-state index in [1.165, 1.54) is 12.8 Å². The number of nitrogens with one attached hydrogen (secondary N) is 1. The molecule has 2 aromatic rings. The molecule has 0 aliphatic carbocycles. The molecule has 4 nitrogen and oxygen atoms in total. The summed E-state index contributed by atoms with van der Waals surface area (Å²) in [6, 6.07) is 10.1. The van der Waals surface area contributed by atoms with Crippen LogP contribution in [0.15, 0.2) is 42.7 Å². The summed E-state index contributed by atoms with van der Waals surface area (Å²) in [4.78, 5) is 0. The monoisotopic (exact) mass is 257 g/mol. The highest BCUT2D eigenvalue weighted by Crippen LogP contribution is 2.17. The van der Waals surface area contributed by atoms with Crippen LogP contribution in [0.3, 0.4) is 0 Å². The first-order valence-corrected chi connectivity index (χ1v) is 6.85. The van der Waals surface area contributed by atoms with Crippen molar-refractivity contribution in [1.29, 1.82) is 0 Å². The number of para-hydroxylation sites is 1. The summed E-state index contributed by atoms with van der Waals surface area (Å²) in [5.41, 5.74) is 1.05. The van der Waals surface area contributed by atoms with E-state index in [2.05, 4.69) is 10.4 Å². The number of rotatable bonds is 4. The van der Waals surface area contributed by atoms with Crippen LogP contribution in [-0.2, 0) is 0 Å². The molecule has 1 aromatic heterocycles. The average molecular weight is 257 g/mol. The van der Waals surface area contributed by atoms with E-state index in [0.29, 0.717) is 5.92 Å². The smallest absolute Gasteiger partial charge is 0.157 e. The van der Waals surface area contributed by atoms with Gasteiger partial charge >= 0.3 is 0 Å². The van der Waals surface area contributed by atoms with E-state index in [1.807, 2.05) is 41.2 Å². The lowest BCUT2D eigenvalue weighted by Gasteiger charge is -2.22. The summed E-state index contributed by atoms with van der Waals surface area (Å²) >= 11 is 0. The van der Waals surface area contributed by atoms with Gasteiger partial charge in [0, 0.05) is 0 Å². The highest BCUT2D eigenvalue weighted by molar-refractivity contribution is 5.32. The molecular formula is C15H19N3O. The summed E-state index contributed by atoms with van der Waals surface area (Å²) in [7, 11) is 0. The second-order valence-corrected chi connectivity index (χ2v) is 4.96. The lowest BCUT2D eigenvalue weighted by atomic mass is 9.99. The number of benzene rings is 1. The van der Waals surface area contributed by atoms with Crippen molar-refractivity contribution in [2.45, 2.75) is 12.8 Å². The number of aromatic nitrogens is 2. The minimum atomic E-state index is 0.668. The van der Waals surface area contributed by atoms with Gasteiger partial charge in [0.05, 0.1) is 24.7 Å². The molecule has 0 bridgehead atoms. The van der Waals surface area contributed by atoms with E-state index in [0.717, 1.165) is 31.1 Å². The van der Waals surface area contributed by atoms with E-state index in [4.69, 9.17) is 4.74 Å². The average Bonchev–Trinajstić information content (AvgIpc) is 2.96. The van der Waals surface area contributed by atoms with Crippen LogP contribution in [0.4, 0.5) is 0 Å². The van der Waals surface area contributed by atoms with Crippen molar-refractivity contribution in [2.24, 2.45) is 5.92 Å². The van der Waals surface area contributed by atoms with Gasteiger partial charge in [0.1, 0.15) is 0 Å². The second-order valence-electron chi connectivity index (χ2n) is 4.96. The standard InChI is InChI=1S/C15H19N3O/c1-2-4-14(5-3-1)18-11-15(10-17-18)19-12-13-6-8-16-9-7-13/h1-5,10-11,13,16H,6-9,12H2. The minimum absolute atomic E-state index is 0.668. The molecule has 0 unspecified atom stereocenters. The largest absolute Gasteiger partial charge is 0.490 e. The van der Waals surface area contributed by atoms with E-state index in [-0.39, 0.29) is 0 Å². The Kier molecular flexibility index (Phi) is 3.79. The van der Waals surface area contributed by atoms with Gasteiger partial charge in [0.15, 0.2) is 5.75 Å². The summed E-state index contributed by atoms with van der Waals surface area (Å²) in [5, 5.41) is 7.70. The molecule has 1 fully saturated rings. The van der Waals surface area contributed by atoms with Gasteiger partial charge in [-0.2, -0.15) is 5.10 Å². The van der Waals surface area contributed by atoms with Crippen molar-refractivity contribution in [3.05, 3.63) is 42.7 Å². The first-order valence-electron chi connectivity index (χ1n) is 6.85. The fourth-order valence-electron chi connectivity index (χ4n) is 2.37. The molecule has 4 heteroatoms. The van der Waals surface area contributed by atoms with Crippen LogP contribution in [0.1, 0.15) is 12.8 Å². The highest BCUT2D eigenvalue weighted by atomic mass is 16.5. The zero-order valence-electron chi connectivity index (χ0n) is 11.0. The molecule has 100 valence electrons. The van der Waals surface area contributed by atoms with Gasteiger partial charge in [-0.1, -0.05) is 18.2 Å². The van der Waals surface area contributed by atoms with Crippen molar-refractivity contribution in [2.75, 3.05) is 19.7 Å². The Bertz CT molecular complexity index is 503. The van der Waals surface area contributed by atoms with E-state index in [1.54, 1.807) is 6.20 Å². The number of piperidine rings is 1. The van der Waals surface area contributed by atoms with Crippen LogP contribution in [-0.4, -0.2) is 29.5 Å². The van der Waals surface area contributed by atoms with Gasteiger partial charge in [-0.05, 0) is 44.0 Å². The molecule has 1 saturated heterocycles. The van der Waals surface area contributed by atoms with Gasteiger partial charge in [-0.15, -0.1) is 0 Å². The number of ether oxygens (including phenoxy) is 1. The zero-order chi connectivity index (χ0) is 12.9. The normalized spacial score (nSPS) is 16.4. The third-order valence-corrected chi connectivity index (χ3v) is 3.52. The quantitative estimate of drug-likeness (QED) is 0.913. The van der Waals surface area contributed by atoms with Gasteiger partial charge in [-0.25, -0.2) is 4.68 Å². The molecule has 0 amide bonds. The molecule has 0 atom stereocenters. The predicted octanol–water partition coefficient (Wildman–Crippen LogP) is 2.25. The van der Waals surface area contributed by atoms with Gasteiger partial charge < -0.3 is 10.1 Å². The molecule has 1 N–H and O–H groups in total. The summed E-state index contributed by atoms with van der Waals surface area (Å²) < 4.78 is 7.68. The minimum Gasteiger partial charge on any atom is -0.490 e. The molecular weight excluding hydrogens is 238 g/mol. The SMILES string of the molecule is c1ccc(-n2cc(OCC3CCNCC3)cn2)cc1. The van der Waals surface area contributed by atoms with E-state index >= 15 is 0 Å². The Morgan fingerprint density at radius 1 is 1.21 bits per heavy atom. The summed E-state index contributed by atoms with van der Waals surface area (Å²) in [6.45, 7) is 3.01. The third-order valence-electron chi connectivity index (χ3n) is 3.52. The van der Waals surface area contributed by atoms with Gasteiger partial charge in [0.2, 0.25) is 0 Å². The Balaban J connectivity index is 1.59. The fourth-order valence-corrected chi connectivity index (χ4v) is 2.37. The second kappa shape index (κ2) is 5.89. The van der Waals surface area contributed by atoms with Crippen molar-refractivity contribution >= 4 is 0 Å². The Morgan fingerprint density at radius 2 is 2.00 bits per heavy atom. The maximum absolute atomic E-state index is 5.84. The van der Waals surface area contributed by atoms with Crippen LogP contribution in [0.2, 0.25) is 0 Å².